The minimum absolute atomic E-state index is 0.0130. The SMILES string of the molecule is CCN1CC(=O)N(Cc2cccc(N)c2F)CC1=O. The summed E-state index contributed by atoms with van der Waals surface area (Å²) < 4.78 is 13.8. The Kier molecular flexibility index (Phi) is 3.69. The largest absolute Gasteiger partial charge is 0.396 e. The summed E-state index contributed by atoms with van der Waals surface area (Å²) in [6.45, 7) is 2.43. The molecule has 0 radical (unpaired) electrons. The minimum atomic E-state index is -0.527. The molecule has 6 heteroatoms. The van der Waals surface area contributed by atoms with Gasteiger partial charge in [-0.1, -0.05) is 12.1 Å². The van der Waals surface area contributed by atoms with Gasteiger partial charge in [0, 0.05) is 18.7 Å². The minimum Gasteiger partial charge on any atom is -0.396 e. The monoisotopic (exact) mass is 265 g/mol. The van der Waals surface area contributed by atoms with Crippen molar-refractivity contribution in [1.82, 2.24) is 9.80 Å². The van der Waals surface area contributed by atoms with Gasteiger partial charge in [0.25, 0.3) is 0 Å². The third-order valence-corrected chi connectivity index (χ3v) is 3.21. The zero-order chi connectivity index (χ0) is 14.0. The van der Waals surface area contributed by atoms with Gasteiger partial charge in [-0.2, -0.15) is 0 Å². The maximum absolute atomic E-state index is 13.8. The molecule has 0 saturated carbocycles. The molecule has 2 N–H and O–H groups in total. The fraction of sp³-hybridized carbons (Fsp3) is 0.385. The van der Waals surface area contributed by atoms with E-state index in [0.717, 1.165) is 0 Å². The van der Waals surface area contributed by atoms with Crippen LogP contribution in [0, 0.1) is 5.82 Å². The summed E-state index contributed by atoms with van der Waals surface area (Å²) >= 11 is 0. The molecule has 1 aliphatic rings. The van der Waals surface area contributed by atoms with Gasteiger partial charge in [0.2, 0.25) is 11.8 Å². The van der Waals surface area contributed by atoms with Gasteiger partial charge < -0.3 is 15.5 Å². The second-order valence-electron chi connectivity index (χ2n) is 4.48. The molecule has 1 saturated heterocycles. The summed E-state index contributed by atoms with van der Waals surface area (Å²) in [6, 6.07) is 4.65. The second kappa shape index (κ2) is 5.26. The number of nitrogen functional groups attached to an aromatic ring is 1. The molecule has 1 fully saturated rings. The van der Waals surface area contributed by atoms with Crippen molar-refractivity contribution < 1.29 is 14.0 Å². The van der Waals surface area contributed by atoms with Gasteiger partial charge in [-0.3, -0.25) is 9.59 Å². The molecule has 0 atom stereocenters. The third kappa shape index (κ3) is 2.67. The van der Waals surface area contributed by atoms with Crippen molar-refractivity contribution in [3.8, 4) is 0 Å². The fourth-order valence-electron chi connectivity index (χ4n) is 2.06. The Balaban J connectivity index is 2.13. The number of likely N-dealkylation sites (N-methyl/N-ethyl adjacent to an activating group) is 1. The standard InChI is InChI=1S/C13H16FN3O2/c1-2-16-7-12(19)17(8-11(16)18)6-9-4-3-5-10(15)13(9)14/h3-5H,2,6-8,15H2,1H3. The number of nitrogens with zero attached hydrogens (tertiary/aromatic N) is 2. The quantitative estimate of drug-likeness (QED) is 0.814. The molecule has 1 heterocycles. The number of halogens is 1. The molecule has 2 rings (SSSR count). The highest BCUT2D eigenvalue weighted by molar-refractivity contribution is 5.92. The Labute approximate surface area is 110 Å². The summed E-state index contributed by atoms with van der Waals surface area (Å²) in [5.41, 5.74) is 5.85. The van der Waals surface area contributed by atoms with Crippen molar-refractivity contribution >= 4 is 17.5 Å². The van der Waals surface area contributed by atoms with Crippen molar-refractivity contribution in [2.45, 2.75) is 13.5 Å². The lowest BCUT2D eigenvalue weighted by atomic mass is 10.1. The van der Waals surface area contributed by atoms with Gasteiger partial charge in [0.15, 0.2) is 5.82 Å². The maximum atomic E-state index is 13.8. The molecule has 0 aliphatic carbocycles. The Morgan fingerprint density at radius 2 is 1.84 bits per heavy atom. The van der Waals surface area contributed by atoms with E-state index in [1.807, 2.05) is 6.92 Å². The van der Waals surface area contributed by atoms with E-state index in [0.29, 0.717) is 12.1 Å². The number of hydrogen-bond acceptors (Lipinski definition) is 3. The first-order chi connectivity index (χ1) is 9.02. The Bertz CT molecular complexity index is 519. The molecule has 0 aromatic heterocycles. The zero-order valence-electron chi connectivity index (χ0n) is 10.7. The highest BCUT2D eigenvalue weighted by atomic mass is 19.1. The van der Waals surface area contributed by atoms with Crippen LogP contribution in [0.3, 0.4) is 0 Å². The van der Waals surface area contributed by atoms with Crippen LogP contribution in [0.2, 0.25) is 0 Å². The van der Waals surface area contributed by atoms with Crippen LogP contribution in [-0.2, 0) is 16.1 Å². The molecule has 0 spiro atoms. The maximum Gasteiger partial charge on any atom is 0.242 e. The van der Waals surface area contributed by atoms with Crippen LogP contribution in [0.25, 0.3) is 0 Å². The van der Waals surface area contributed by atoms with Gasteiger partial charge in [0.05, 0.1) is 12.2 Å². The number of amides is 2. The first kappa shape index (κ1) is 13.3. The number of nitrogens with two attached hydrogens (primary N) is 1. The van der Waals surface area contributed by atoms with E-state index in [-0.39, 0.29) is 37.1 Å². The number of anilines is 1. The van der Waals surface area contributed by atoms with Gasteiger partial charge in [-0.15, -0.1) is 0 Å². The van der Waals surface area contributed by atoms with Crippen molar-refractivity contribution in [2.75, 3.05) is 25.4 Å². The summed E-state index contributed by atoms with van der Waals surface area (Å²) in [6.07, 6.45) is 0. The smallest absolute Gasteiger partial charge is 0.242 e. The molecular formula is C13H16FN3O2. The predicted molar refractivity (Wildman–Crippen MR) is 68.5 cm³/mol. The van der Waals surface area contributed by atoms with Crippen molar-refractivity contribution in [1.29, 1.82) is 0 Å². The van der Waals surface area contributed by atoms with E-state index in [1.54, 1.807) is 12.1 Å². The lowest BCUT2D eigenvalue weighted by Crippen LogP contribution is -2.53. The predicted octanol–water partition coefficient (Wildman–Crippen LogP) is 0.599. The molecule has 102 valence electrons. The molecule has 2 amide bonds. The molecule has 19 heavy (non-hydrogen) atoms. The van der Waals surface area contributed by atoms with Crippen LogP contribution in [0.4, 0.5) is 10.1 Å². The van der Waals surface area contributed by atoms with Gasteiger partial charge in [-0.05, 0) is 13.0 Å². The van der Waals surface area contributed by atoms with Crippen molar-refractivity contribution in [2.24, 2.45) is 0 Å². The molecule has 1 aromatic rings. The van der Waals surface area contributed by atoms with Gasteiger partial charge >= 0.3 is 0 Å². The molecule has 5 nitrogen and oxygen atoms in total. The van der Waals surface area contributed by atoms with Gasteiger partial charge in [-0.25, -0.2) is 4.39 Å². The topological polar surface area (TPSA) is 66.6 Å². The third-order valence-electron chi connectivity index (χ3n) is 3.21. The number of carbonyl (C=O) groups excluding carboxylic acids is 2. The van der Waals surface area contributed by atoms with E-state index in [9.17, 15) is 14.0 Å². The van der Waals surface area contributed by atoms with Crippen LogP contribution in [0.1, 0.15) is 12.5 Å². The molecule has 1 aliphatic heterocycles. The lowest BCUT2D eigenvalue weighted by Gasteiger charge is -2.33. The number of benzene rings is 1. The number of piperazine rings is 1. The first-order valence-corrected chi connectivity index (χ1v) is 6.11. The Hall–Kier alpha value is -2.11. The number of hydrogen-bond donors (Lipinski definition) is 1. The second-order valence-corrected chi connectivity index (χ2v) is 4.48. The normalized spacial score (nSPS) is 16.1. The summed E-state index contributed by atoms with van der Waals surface area (Å²) in [5.74, 6) is -0.824. The van der Waals surface area contributed by atoms with Crippen molar-refractivity contribution in [3.05, 3.63) is 29.6 Å². The van der Waals surface area contributed by atoms with Crippen LogP contribution in [0.5, 0.6) is 0 Å². The summed E-state index contributed by atoms with van der Waals surface area (Å²) in [7, 11) is 0. The highest BCUT2D eigenvalue weighted by Crippen LogP contribution is 2.18. The lowest BCUT2D eigenvalue weighted by molar-refractivity contribution is -0.150. The van der Waals surface area contributed by atoms with E-state index in [4.69, 9.17) is 5.73 Å². The van der Waals surface area contributed by atoms with E-state index >= 15 is 0 Å². The van der Waals surface area contributed by atoms with E-state index < -0.39 is 5.82 Å². The molecule has 0 bridgehead atoms. The van der Waals surface area contributed by atoms with E-state index in [2.05, 4.69) is 0 Å². The van der Waals surface area contributed by atoms with E-state index in [1.165, 1.54) is 15.9 Å². The first-order valence-electron chi connectivity index (χ1n) is 6.11. The van der Waals surface area contributed by atoms with Gasteiger partial charge in [0.1, 0.15) is 6.54 Å². The van der Waals surface area contributed by atoms with Crippen LogP contribution in [-0.4, -0.2) is 41.2 Å². The van der Waals surface area contributed by atoms with Crippen LogP contribution >= 0.6 is 0 Å². The highest BCUT2D eigenvalue weighted by Gasteiger charge is 2.29. The zero-order valence-corrected chi connectivity index (χ0v) is 10.7. The number of carbonyl (C=O) groups is 2. The van der Waals surface area contributed by atoms with Crippen LogP contribution < -0.4 is 5.73 Å². The average Bonchev–Trinajstić information content (AvgIpc) is 2.38. The Morgan fingerprint density at radius 1 is 1.21 bits per heavy atom. The molecular weight excluding hydrogens is 249 g/mol. The summed E-state index contributed by atoms with van der Waals surface area (Å²) in [5, 5.41) is 0. The van der Waals surface area contributed by atoms with Crippen molar-refractivity contribution in [3.63, 3.8) is 0 Å². The molecule has 1 aromatic carbocycles. The van der Waals surface area contributed by atoms with Crippen LogP contribution in [0.15, 0.2) is 18.2 Å². The average molecular weight is 265 g/mol. The Morgan fingerprint density at radius 3 is 2.53 bits per heavy atom. The fourth-order valence-corrected chi connectivity index (χ4v) is 2.06. The summed E-state index contributed by atoms with van der Waals surface area (Å²) in [4.78, 5) is 26.5. The molecule has 0 unspecified atom stereocenters. The number of rotatable bonds is 3.